The van der Waals surface area contributed by atoms with Gasteiger partial charge in [-0.25, -0.2) is 8.78 Å². The van der Waals surface area contributed by atoms with Gasteiger partial charge in [0.2, 0.25) is 5.91 Å². The Hall–Kier alpha value is -4.65. The van der Waals surface area contributed by atoms with Gasteiger partial charge >= 0.3 is 0 Å². The fourth-order valence-corrected chi connectivity index (χ4v) is 7.33. The van der Waals surface area contributed by atoms with Crippen LogP contribution in [0, 0.1) is 18.6 Å². The minimum Gasteiger partial charge on any atom is -0.451 e. The first kappa shape index (κ1) is 29.4. The lowest BCUT2D eigenvalue weighted by Gasteiger charge is -2.37. The van der Waals surface area contributed by atoms with Crippen LogP contribution in [0.5, 0.6) is 11.5 Å². The summed E-state index contributed by atoms with van der Waals surface area (Å²) in [5, 5.41) is 3.51. The van der Waals surface area contributed by atoms with Gasteiger partial charge in [-0.1, -0.05) is 24.8 Å². The van der Waals surface area contributed by atoms with E-state index in [4.69, 9.17) is 21.9 Å². The lowest BCUT2D eigenvalue weighted by molar-refractivity contribution is -0.125. The van der Waals surface area contributed by atoms with Crippen molar-refractivity contribution in [1.82, 2.24) is 10.2 Å². The van der Waals surface area contributed by atoms with Gasteiger partial charge in [-0.2, -0.15) is 0 Å². The number of rotatable bonds is 6. The Kier molecular flexibility index (Phi) is 7.23. The molecule has 44 heavy (non-hydrogen) atoms. The van der Waals surface area contributed by atoms with E-state index in [1.165, 1.54) is 24.3 Å². The molecule has 226 valence electrons. The first-order valence-electron chi connectivity index (χ1n) is 13.8. The number of ether oxygens (including phenoxy) is 1. The number of carbonyl (C=O) groups excluding carboxylic acids is 3. The summed E-state index contributed by atoms with van der Waals surface area (Å²) in [6, 6.07) is 9.73. The molecule has 1 aliphatic heterocycles. The van der Waals surface area contributed by atoms with Gasteiger partial charge < -0.3 is 32.2 Å². The third-order valence-corrected chi connectivity index (χ3v) is 9.54. The van der Waals surface area contributed by atoms with Gasteiger partial charge in [0.15, 0.2) is 23.2 Å². The number of nitrogens with one attached hydrogen (secondary N) is 1. The van der Waals surface area contributed by atoms with Gasteiger partial charge in [0.1, 0.15) is 11.3 Å². The van der Waals surface area contributed by atoms with Gasteiger partial charge in [0, 0.05) is 35.8 Å². The van der Waals surface area contributed by atoms with Crippen LogP contribution < -0.4 is 27.3 Å². The van der Waals surface area contributed by atoms with Gasteiger partial charge in [0.05, 0.1) is 15.6 Å². The summed E-state index contributed by atoms with van der Waals surface area (Å²) in [6.07, 6.45) is 1.80. The number of nitrogens with zero attached hydrogens (tertiary/aromatic N) is 1. The average molecular weight is 618 g/mol. The molecule has 3 unspecified atom stereocenters. The molecule has 2 heterocycles. The van der Waals surface area contributed by atoms with Gasteiger partial charge in [-0.15, -0.1) is 11.3 Å². The number of Topliss-reactive ketones (excluding diaryl/α,β-unsaturated/α-hetero) is 1. The first-order chi connectivity index (χ1) is 20.9. The van der Waals surface area contributed by atoms with E-state index in [-0.39, 0.29) is 22.6 Å². The lowest BCUT2D eigenvalue weighted by Crippen LogP contribution is -2.53. The summed E-state index contributed by atoms with van der Waals surface area (Å²) in [6.45, 7) is 6.03. The van der Waals surface area contributed by atoms with Gasteiger partial charge in [-0.05, 0) is 66.4 Å². The quantitative estimate of drug-likeness (QED) is 0.187. The molecular formula is C32H29F2N5O4S. The van der Waals surface area contributed by atoms with E-state index in [0.717, 1.165) is 23.5 Å². The fourth-order valence-electron chi connectivity index (χ4n) is 6.13. The molecule has 1 aliphatic carbocycles. The number of carbonyl (C=O) groups is 3. The molecular weight excluding hydrogens is 588 g/mol. The number of hydrogen-bond donors (Lipinski definition) is 4. The number of likely N-dealkylation sites (tertiary alicyclic amines) is 1. The Morgan fingerprint density at radius 1 is 1.16 bits per heavy atom. The molecule has 0 radical (unpaired) electrons. The zero-order chi connectivity index (χ0) is 31.5. The Morgan fingerprint density at radius 2 is 1.86 bits per heavy atom. The number of aryl methyl sites for hydroxylation is 1. The van der Waals surface area contributed by atoms with Gasteiger partial charge in [0.25, 0.3) is 5.91 Å². The second kappa shape index (κ2) is 10.8. The van der Waals surface area contributed by atoms with Crippen LogP contribution in [0.15, 0.2) is 61.2 Å². The van der Waals surface area contributed by atoms with Crippen molar-refractivity contribution in [2.24, 2.45) is 11.5 Å². The number of anilines is 1. The molecule has 7 N–H and O–H groups in total. The van der Waals surface area contributed by atoms with E-state index >= 15 is 0 Å². The molecule has 1 saturated heterocycles. The molecule has 0 saturated carbocycles. The highest BCUT2D eigenvalue weighted by molar-refractivity contribution is 7.21. The maximum absolute atomic E-state index is 14.2. The Bertz CT molecular complexity index is 1870. The highest BCUT2D eigenvalue weighted by Gasteiger charge is 2.49. The Morgan fingerprint density at radius 3 is 2.55 bits per heavy atom. The van der Waals surface area contributed by atoms with Crippen molar-refractivity contribution in [3.8, 4) is 11.5 Å². The second-order valence-electron chi connectivity index (χ2n) is 11.0. The number of amides is 2. The summed E-state index contributed by atoms with van der Waals surface area (Å²) in [5.74, 6) is -3.30. The molecule has 12 heteroatoms. The summed E-state index contributed by atoms with van der Waals surface area (Å²) in [4.78, 5) is 41.6. The number of nitrogens with two attached hydrogens (primary N) is 3. The number of hydrogen-bond acceptors (Lipinski definition) is 8. The van der Waals surface area contributed by atoms with Crippen LogP contribution >= 0.6 is 11.3 Å². The fraction of sp³-hybridized carbons (Fsp3) is 0.219. The minimum atomic E-state index is -1.73. The predicted molar refractivity (Wildman–Crippen MR) is 163 cm³/mol. The van der Waals surface area contributed by atoms with Crippen LogP contribution in [-0.2, 0) is 15.1 Å². The van der Waals surface area contributed by atoms with Crippen molar-refractivity contribution in [3.05, 3.63) is 100.0 Å². The van der Waals surface area contributed by atoms with Crippen molar-refractivity contribution in [3.63, 3.8) is 0 Å². The van der Waals surface area contributed by atoms with Crippen LogP contribution in [0.1, 0.15) is 44.4 Å². The number of para-hydroxylation sites is 1. The number of benzene rings is 3. The summed E-state index contributed by atoms with van der Waals surface area (Å²) in [7, 11) is 0. The third kappa shape index (κ3) is 4.53. The van der Waals surface area contributed by atoms with Crippen molar-refractivity contribution in [1.29, 1.82) is 0 Å². The van der Waals surface area contributed by atoms with E-state index in [9.17, 15) is 23.2 Å². The molecule has 0 bridgehead atoms. The standard InChI is InChI=1S/C32H29F2N5O4S/c1-3-23(40)39-12-11-16(14-39)38-31(42)29-25-24-19(9-10-22(35)28(24)44-29)32(37,30(41)26(25)36)18-8-7-17(13-15(18)2)43-27-20(33)5-4-6-21(27)34/h3-10,13,16,26H,1,11-12,14,35-37H2,2H3,(H,38,42). The van der Waals surface area contributed by atoms with Gasteiger partial charge in [-0.3, -0.25) is 14.4 Å². The van der Waals surface area contributed by atoms with E-state index in [1.807, 2.05) is 0 Å². The monoisotopic (exact) mass is 617 g/mol. The third-order valence-electron chi connectivity index (χ3n) is 8.29. The summed E-state index contributed by atoms with van der Waals surface area (Å²) >= 11 is 1.13. The number of halogens is 2. The highest BCUT2D eigenvalue weighted by Crippen LogP contribution is 2.50. The maximum Gasteiger partial charge on any atom is 0.262 e. The molecule has 2 aliphatic rings. The zero-order valence-corrected chi connectivity index (χ0v) is 24.5. The first-order valence-corrected chi connectivity index (χ1v) is 14.7. The molecule has 3 atom stereocenters. The maximum atomic E-state index is 14.2. The largest absolute Gasteiger partial charge is 0.451 e. The second-order valence-corrected chi connectivity index (χ2v) is 12.0. The Balaban J connectivity index is 1.39. The predicted octanol–water partition coefficient (Wildman–Crippen LogP) is 4.16. The van der Waals surface area contributed by atoms with Crippen molar-refractivity contribution in [2.45, 2.75) is 31.0 Å². The van der Waals surface area contributed by atoms with Crippen LogP contribution in [0.3, 0.4) is 0 Å². The zero-order valence-electron chi connectivity index (χ0n) is 23.7. The van der Waals surface area contributed by atoms with Crippen LogP contribution in [0.4, 0.5) is 14.5 Å². The molecule has 9 nitrogen and oxygen atoms in total. The van der Waals surface area contributed by atoms with Crippen molar-refractivity contribution >= 4 is 44.7 Å². The van der Waals surface area contributed by atoms with Crippen LogP contribution in [0.25, 0.3) is 10.1 Å². The normalized spacial score (nSPS) is 21.0. The van der Waals surface area contributed by atoms with E-state index in [1.54, 1.807) is 30.0 Å². The molecule has 4 aromatic rings. The topological polar surface area (TPSA) is 154 Å². The molecule has 1 fully saturated rings. The van der Waals surface area contributed by atoms with E-state index in [2.05, 4.69) is 11.9 Å². The van der Waals surface area contributed by atoms with Crippen molar-refractivity contribution < 1.29 is 27.9 Å². The molecule has 6 rings (SSSR count). The molecule has 2 amide bonds. The summed E-state index contributed by atoms with van der Waals surface area (Å²) in [5.41, 5.74) is 20.3. The smallest absolute Gasteiger partial charge is 0.262 e. The molecule has 0 spiro atoms. The van der Waals surface area contributed by atoms with E-state index in [0.29, 0.717) is 57.5 Å². The highest BCUT2D eigenvalue weighted by atomic mass is 32.1. The average Bonchev–Trinajstić information content (AvgIpc) is 3.63. The number of thiophene rings is 1. The van der Waals surface area contributed by atoms with Crippen molar-refractivity contribution in [2.75, 3.05) is 18.8 Å². The number of nitrogen functional groups attached to an aromatic ring is 1. The van der Waals surface area contributed by atoms with Crippen LogP contribution in [0.2, 0.25) is 0 Å². The SMILES string of the molecule is C=CC(=O)N1CCC(NC(=O)c2sc3c(N)ccc4c3c2C(N)C(=O)C4(N)c2ccc(Oc3c(F)cccc3F)cc2C)C1. The van der Waals surface area contributed by atoms with E-state index < -0.39 is 40.7 Å². The molecule has 1 aromatic heterocycles. The molecule has 3 aromatic carbocycles. The Labute approximate surface area is 255 Å². The summed E-state index contributed by atoms with van der Waals surface area (Å²) < 4.78 is 34.5. The lowest BCUT2D eigenvalue weighted by atomic mass is 9.69. The number of ketones is 1. The minimum absolute atomic E-state index is 0.143. The van der Waals surface area contributed by atoms with Crippen LogP contribution in [-0.4, -0.2) is 41.6 Å².